The number of rotatable bonds is 3. The second-order valence-electron chi connectivity index (χ2n) is 7.02. The van der Waals surface area contributed by atoms with E-state index in [0.29, 0.717) is 31.2 Å². The van der Waals surface area contributed by atoms with Crippen LogP contribution in [0.2, 0.25) is 0 Å². The second-order valence-corrected chi connectivity index (χ2v) is 8.33. The van der Waals surface area contributed by atoms with Gasteiger partial charge in [0.1, 0.15) is 17.1 Å². The Labute approximate surface area is 165 Å². The molecule has 2 aliphatic heterocycles. The van der Waals surface area contributed by atoms with Crippen LogP contribution in [0.15, 0.2) is 15.9 Å². The van der Waals surface area contributed by atoms with E-state index in [4.69, 9.17) is 4.74 Å². The first-order valence-electron chi connectivity index (χ1n) is 9.22. The molecule has 6 nitrogen and oxygen atoms in total. The Morgan fingerprint density at radius 3 is 2.57 bits per heavy atom. The van der Waals surface area contributed by atoms with Crippen LogP contribution in [0.5, 0.6) is 0 Å². The van der Waals surface area contributed by atoms with Gasteiger partial charge >= 0.3 is 5.97 Å². The van der Waals surface area contributed by atoms with Crippen molar-refractivity contribution in [2.24, 2.45) is 0 Å². The third-order valence-electron chi connectivity index (χ3n) is 5.26. The molecule has 28 heavy (non-hydrogen) atoms. The van der Waals surface area contributed by atoms with Crippen molar-refractivity contribution in [2.75, 3.05) is 44.7 Å². The summed E-state index contributed by atoms with van der Waals surface area (Å²) in [5.74, 6) is -2.30. The van der Waals surface area contributed by atoms with Crippen molar-refractivity contribution in [1.29, 1.82) is 0 Å². The van der Waals surface area contributed by atoms with Crippen molar-refractivity contribution in [3.63, 3.8) is 0 Å². The Balaban J connectivity index is 1.96. The fraction of sp³-hybridized carbons (Fsp3) is 0.474. The molecule has 0 bridgehead atoms. The molecule has 0 N–H and O–H groups in total. The molecule has 9 heteroatoms. The molecule has 0 aliphatic carbocycles. The number of piperazine rings is 1. The van der Waals surface area contributed by atoms with Gasteiger partial charge in [-0.3, -0.25) is 4.79 Å². The molecule has 1 unspecified atom stereocenters. The average Bonchev–Trinajstić information content (AvgIpc) is 2.64. The summed E-state index contributed by atoms with van der Waals surface area (Å²) in [6.45, 7) is 5.98. The molecule has 0 amide bonds. The monoisotopic (exact) mass is 409 g/mol. The molecule has 2 aliphatic rings. The van der Waals surface area contributed by atoms with Crippen molar-refractivity contribution in [1.82, 2.24) is 9.47 Å². The van der Waals surface area contributed by atoms with Gasteiger partial charge in [-0.2, -0.15) is 0 Å². The van der Waals surface area contributed by atoms with Crippen molar-refractivity contribution in [2.45, 2.75) is 24.2 Å². The fourth-order valence-corrected chi connectivity index (χ4v) is 4.93. The fourth-order valence-electron chi connectivity index (χ4n) is 3.79. The highest BCUT2D eigenvalue weighted by atomic mass is 32.2. The second kappa shape index (κ2) is 7.04. The summed E-state index contributed by atoms with van der Waals surface area (Å²) in [6.07, 6.45) is 0. The van der Waals surface area contributed by atoms with Crippen LogP contribution in [-0.2, 0) is 4.74 Å². The molecule has 1 aromatic heterocycles. The van der Waals surface area contributed by atoms with Gasteiger partial charge in [0.15, 0.2) is 5.82 Å². The average molecular weight is 409 g/mol. The lowest BCUT2D eigenvalue weighted by Gasteiger charge is -2.36. The van der Waals surface area contributed by atoms with Crippen molar-refractivity contribution < 1.29 is 18.3 Å². The molecule has 2 aromatic rings. The summed E-state index contributed by atoms with van der Waals surface area (Å²) in [5, 5.41) is 0.0664. The Kier molecular flexibility index (Phi) is 4.83. The first kappa shape index (κ1) is 19.2. The standard InChI is InChI=1S/C19H21F2N3O3S/c1-4-27-19(26)13-17(25)11-9-12(20)16(23-7-5-22(3)6-8-23)14(21)15(11)24-10(2)28-18(13)24/h9-10H,4-8H2,1-3H3. The number of carbonyl (C=O) groups is 1. The number of likely N-dealkylation sites (N-methyl/N-ethyl adjacent to an activating group) is 1. The molecule has 0 radical (unpaired) electrons. The van der Waals surface area contributed by atoms with Crippen LogP contribution in [0.3, 0.4) is 0 Å². The number of hydrogen-bond donors (Lipinski definition) is 0. The highest BCUT2D eigenvalue weighted by Gasteiger charge is 2.36. The smallest absolute Gasteiger partial charge is 0.344 e. The molecule has 1 atom stereocenters. The lowest BCUT2D eigenvalue weighted by Crippen LogP contribution is -2.45. The van der Waals surface area contributed by atoms with Gasteiger partial charge in [0.25, 0.3) is 0 Å². The van der Waals surface area contributed by atoms with Gasteiger partial charge in [-0.05, 0) is 27.0 Å². The Bertz CT molecular complexity index is 1030. The van der Waals surface area contributed by atoms with Gasteiger partial charge in [-0.1, -0.05) is 11.8 Å². The van der Waals surface area contributed by atoms with E-state index in [1.165, 1.54) is 11.8 Å². The van der Waals surface area contributed by atoms with E-state index in [-0.39, 0.29) is 34.1 Å². The first-order chi connectivity index (χ1) is 13.3. The Hall–Kier alpha value is -2.13. The predicted molar refractivity (Wildman–Crippen MR) is 104 cm³/mol. The van der Waals surface area contributed by atoms with Crippen LogP contribution in [0.1, 0.15) is 29.6 Å². The lowest BCUT2D eigenvalue weighted by atomic mass is 10.1. The minimum absolute atomic E-state index is 0.0506. The summed E-state index contributed by atoms with van der Waals surface area (Å²) >= 11 is 1.30. The Morgan fingerprint density at radius 1 is 1.29 bits per heavy atom. The lowest BCUT2D eigenvalue weighted by molar-refractivity contribution is 0.0518. The minimum Gasteiger partial charge on any atom is -0.462 e. The summed E-state index contributed by atoms with van der Waals surface area (Å²) in [7, 11) is 1.96. The van der Waals surface area contributed by atoms with Gasteiger partial charge in [0, 0.05) is 26.2 Å². The van der Waals surface area contributed by atoms with E-state index >= 15 is 4.39 Å². The maximum absolute atomic E-state index is 15.5. The molecule has 150 valence electrons. The summed E-state index contributed by atoms with van der Waals surface area (Å²) in [5.41, 5.74) is -0.900. The van der Waals surface area contributed by atoms with E-state index in [0.717, 1.165) is 6.07 Å². The number of aromatic nitrogens is 1. The van der Waals surface area contributed by atoms with Crippen LogP contribution in [0, 0.1) is 11.6 Å². The van der Waals surface area contributed by atoms with Crippen LogP contribution in [0.25, 0.3) is 10.9 Å². The number of pyridine rings is 1. The first-order valence-corrected chi connectivity index (χ1v) is 10.1. The van der Waals surface area contributed by atoms with Gasteiger partial charge in [-0.15, -0.1) is 0 Å². The third-order valence-corrected chi connectivity index (χ3v) is 6.43. The van der Waals surface area contributed by atoms with E-state index < -0.39 is 23.0 Å². The molecule has 3 heterocycles. The number of nitrogens with zero attached hydrogens (tertiary/aromatic N) is 3. The number of benzene rings is 1. The van der Waals surface area contributed by atoms with Crippen LogP contribution >= 0.6 is 11.8 Å². The van der Waals surface area contributed by atoms with Gasteiger partial charge in [-0.25, -0.2) is 13.6 Å². The molecule has 0 saturated carbocycles. The number of fused-ring (bicyclic) bond motifs is 3. The molecule has 4 rings (SSSR count). The highest BCUT2D eigenvalue weighted by Crippen LogP contribution is 2.47. The summed E-state index contributed by atoms with van der Waals surface area (Å²) < 4.78 is 37.0. The number of thioether (sulfide) groups is 1. The van der Waals surface area contributed by atoms with Crippen LogP contribution < -0.4 is 10.3 Å². The topological polar surface area (TPSA) is 54.8 Å². The highest BCUT2D eigenvalue weighted by molar-refractivity contribution is 8.00. The quantitative estimate of drug-likeness (QED) is 0.727. The zero-order valence-electron chi connectivity index (χ0n) is 15.9. The van der Waals surface area contributed by atoms with Crippen LogP contribution in [-0.4, -0.2) is 55.3 Å². The van der Waals surface area contributed by atoms with E-state index in [9.17, 15) is 14.0 Å². The van der Waals surface area contributed by atoms with Gasteiger partial charge in [0.2, 0.25) is 5.43 Å². The van der Waals surface area contributed by atoms with Crippen molar-refractivity contribution in [3.05, 3.63) is 33.5 Å². The largest absolute Gasteiger partial charge is 0.462 e. The van der Waals surface area contributed by atoms with E-state index in [1.54, 1.807) is 16.4 Å². The summed E-state index contributed by atoms with van der Waals surface area (Å²) in [4.78, 5) is 29.0. The van der Waals surface area contributed by atoms with E-state index in [2.05, 4.69) is 4.90 Å². The SMILES string of the molecule is CCOC(=O)c1c2n(c3c(F)c(N4CCN(C)CC4)c(F)cc3c1=O)C(C)S2. The molecular weight excluding hydrogens is 388 g/mol. The number of halogens is 2. The number of anilines is 1. The number of carbonyl (C=O) groups excluding carboxylic acids is 1. The summed E-state index contributed by atoms with van der Waals surface area (Å²) in [6, 6.07) is 1.06. The zero-order valence-corrected chi connectivity index (χ0v) is 16.7. The number of ether oxygens (including phenoxy) is 1. The molecule has 1 fully saturated rings. The van der Waals surface area contributed by atoms with Gasteiger partial charge < -0.3 is 19.1 Å². The normalized spacial score (nSPS) is 19.5. The molecular formula is C19H21F2N3O3S. The number of esters is 1. The van der Waals surface area contributed by atoms with Crippen molar-refractivity contribution >= 4 is 34.3 Å². The Morgan fingerprint density at radius 2 is 1.96 bits per heavy atom. The van der Waals surface area contributed by atoms with E-state index in [1.807, 2.05) is 14.0 Å². The molecule has 1 aromatic carbocycles. The zero-order chi connectivity index (χ0) is 20.2. The predicted octanol–water partition coefficient (Wildman–Crippen LogP) is 2.83. The van der Waals surface area contributed by atoms with Crippen LogP contribution in [0.4, 0.5) is 14.5 Å². The third kappa shape index (κ3) is 2.79. The minimum atomic E-state index is -0.790. The molecule has 0 spiro atoms. The van der Waals surface area contributed by atoms with Crippen molar-refractivity contribution in [3.8, 4) is 0 Å². The molecule has 1 saturated heterocycles. The maximum atomic E-state index is 15.5. The van der Waals surface area contributed by atoms with Gasteiger partial charge in [0.05, 0.1) is 27.9 Å². The maximum Gasteiger partial charge on any atom is 0.344 e. The number of hydrogen-bond acceptors (Lipinski definition) is 6.